The van der Waals surface area contributed by atoms with E-state index < -0.39 is 17.4 Å². The van der Waals surface area contributed by atoms with Gasteiger partial charge in [-0.15, -0.1) is 0 Å². The quantitative estimate of drug-likeness (QED) is 0.448. The number of aldehydes is 1. The number of methoxy groups -OCH3 is 2. The van der Waals surface area contributed by atoms with Gasteiger partial charge in [-0.05, 0) is 11.6 Å². The van der Waals surface area contributed by atoms with Gasteiger partial charge >= 0.3 is 11.9 Å². The number of ether oxygens (including phenoxy) is 2. The van der Waals surface area contributed by atoms with Crippen LogP contribution < -0.4 is 0 Å². The predicted octanol–water partition coefficient (Wildman–Crippen LogP) is 1.91. The Bertz CT molecular complexity index is 496. The second kappa shape index (κ2) is 7.19. The van der Waals surface area contributed by atoms with Crippen molar-refractivity contribution in [1.29, 1.82) is 0 Å². The maximum Gasteiger partial charge on any atom is 0.324 e. The largest absolute Gasteiger partial charge is 0.468 e. The third kappa shape index (κ3) is 3.25. The van der Waals surface area contributed by atoms with Crippen molar-refractivity contribution in [3.05, 3.63) is 34.3 Å². The standard InChI is InChI=1S/C14H15BrO5/c1-19-12(17)14(7-8-16,13(18)20-2)9-10-5-3-4-6-11(10)15/h3-6,8H,7,9H2,1-2H3. The zero-order valence-electron chi connectivity index (χ0n) is 11.2. The summed E-state index contributed by atoms with van der Waals surface area (Å²) in [4.78, 5) is 35.0. The first-order valence-corrected chi connectivity index (χ1v) is 6.65. The van der Waals surface area contributed by atoms with Gasteiger partial charge in [-0.1, -0.05) is 34.1 Å². The number of halogens is 1. The SMILES string of the molecule is COC(=O)C(CC=O)(Cc1ccccc1Br)C(=O)OC. The van der Waals surface area contributed by atoms with Crippen LogP contribution in [0.5, 0.6) is 0 Å². The summed E-state index contributed by atoms with van der Waals surface area (Å²) in [5.74, 6) is -1.57. The molecule has 1 rings (SSSR count). The molecule has 0 aliphatic rings. The molecular weight excluding hydrogens is 328 g/mol. The fourth-order valence-corrected chi connectivity index (χ4v) is 2.39. The van der Waals surface area contributed by atoms with E-state index in [0.717, 1.165) is 4.47 Å². The molecule has 0 radical (unpaired) electrons. The minimum atomic E-state index is -1.66. The summed E-state index contributed by atoms with van der Waals surface area (Å²) in [6.45, 7) is 0. The van der Waals surface area contributed by atoms with Crippen molar-refractivity contribution in [3.63, 3.8) is 0 Å². The molecule has 0 aliphatic heterocycles. The van der Waals surface area contributed by atoms with Gasteiger partial charge in [-0.25, -0.2) is 0 Å². The molecule has 0 fully saturated rings. The Hall–Kier alpha value is -1.69. The number of hydrogen-bond donors (Lipinski definition) is 0. The van der Waals surface area contributed by atoms with Crippen molar-refractivity contribution >= 4 is 34.2 Å². The Morgan fingerprint density at radius 1 is 1.20 bits per heavy atom. The van der Waals surface area contributed by atoms with Crippen LogP contribution in [0.3, 0.4) is 0 Å². The molecule has 0 aliphatic carbocycles. The number of benzene rings is 1. The molecule has 20 heavy (non-hydrogen) atoms. The summed E-state index contributed by atoms with van der Waals surface area (Å²) in [5, 5.41) is 0. The summed E-state index contributed by atoms with van der Waals surface area (Å²) in [5.41, 5.74) is -0.945. The second-order valence-electron chi connectivity index (χ2n) is 4.20. The lowest BCUT2D eigenvalue weighted by Crippen LogP contribution is -2.43. The third-order valence-corrected chi connectivity index (χ3v) is 3.81. The minimum absolute atomic E-state index is 0.0203. The average Bonchev–Trinajstić information content (AvgIpc) is 2.47. The molecule has 1 aromatic carbocycles. The molecule has 6 heteroatoms. The van der Waals surface area contributed by atoms with Crippen molar-refractivity contribution in [2.75, 3.05) is 14.2 Å². The van der Waals surface area contributed by atoms with E-state index >= 15 is 0 Å². The molecule has 5 nitrogen and oxygen atoms in total. The molecule has 1 aromatic rings. The van der Waals surface area contributed by atoms with Crippen LogP contribution in [0.4, 0.5) is 0 Å². The van der Waals surface area contributed by atoms with Crippen LogP contribution in [-0.2, 0) is 30.3 Å². The highest BCUT2D eigenvalue weighted by Gasteiger charge is 2.48. The molecule has 0 saturated carbocycles. The minimum Gasteiger partial charge on any atom is -0.468 e. The normalized spacial score (nSPS) is 10.8. The van der Waals surface area contributed by atoms with E-state index in [-0.39, 0.29) is 12.8 Å². The average molecular weight is 343 g/mol. The van der Waals surface area contributed by atoms with Crippen LogP contribution in [0.2, 0.25) is 0 Å². The molecule has 0 atom stereocenters. The van der Waals surface area contributed by atoms with Gasteiger partial charge in [0.25, 0.3) is 0 Å². The third-order valence-electron chi connectivity index (χ3n) is 3.03. The Morgan fingerprint density at radius 2 is 1.75 bits per heavy atom. The number of carbonyl (C=O) groups is 3. The number of esters is 2. The van der Waals surface area contributed by atoms with Gasteiger partial charge < -0.3 is 14.3 Å². The van der Waals surface area contributed by atoms with Crippen LogP contribution >= 0.6 is 15.9 Å². The topological polar surface area (TPSA) is 69.7 Å². The lowest BCUT2D eigenvalue weighted by atomic mass is 9.79. The van der Waals surface area contributed by atoms with E-state index in [1.807, 2.05) is 6.07 Å². The molecule has 108 valence electrons. The van der Waals surface area contributed by atoms with E-state index in [0.29, 0.717) is 11.8 Å². The molecule has 0 N–H and O–H groups in total. The van der Waals surface area contributed by atoms with Gasteiger partial charge in [-0.2, -0.15) is 0 Å². The zero-order valence-corrected chi connectivity index (χ0v) is 12.8. The van der Waals surface area contributed by atoms with Crippen molar-refractivity contribution in [2.45, 2.75) is 12.8 Å². The van der Waals surface area contributed by atoms with E-state index in [9.17, 15) is 14.4 Å². The molecule has 0 saturated heterocycles. The van der Waals surface area contributed by atoms with Gasteiger partial charge in [0.05, 0.1) is 14.2 Å². The lowest BCUT2D eigenvalue weighted by molar-refractivity contribution is -0.170. The van der Waals surface area contributed by atoms with Crippen LogP contribution in [0.1, 0.15) is 12.0 Å². The van der Waals surface area contributed by atoms with Crippen LogP contribution in [0, 0.1) is 5.41 Å². The molecule has 0 heterocycles. The maximum absolute atomic E-state index is 12.0. The van der Waals surface area contributed by atoms with Crippen LogP contribution in [0.15, 0.2) is 28.7 Å². The van der Waals surface area contributed by atoms with Gasteiger partial charge in [-0.3, -0.25) is 9.59 Å². The summed E-state index contributed by atoms with van der Waals surface area (Å²) >= 11 is 3.35. The Morgan fingerprint density at radius 3 is 2.20 bits per heavy atom. The molecular formula is C14H15BrO5. The van der Waals surface area contributed by atoms with Gasteiger partial charge in [0.15, 0.2) is 5.41 Å². The first-order chi connectivity index (χ1) is 9.51. The highest BCUT2D eigenvalue weighted by Crippen LogP contribution is 2.32. The highest BCUT2D eigenvalue weighted by atomic mass is 79.9. The predicted molar refractivity (Wildman–Crippen MR) is 75.0 cm³/mol. The van der Waals surface area contributed by atoms with Crippen molar-refractivity contribution in [2.24, 2.45) is 5.41 Å². The number of carbonyl (C=O) groups excluding carboxylic acids is 3. The summed E-state index contributed by atoms with van der Waals surface area (Å²) in [6.07, 6.45) is 0.241. The highest BCUT2D eigenvalue weighted by molar-refractivity contribution is 9.10. The van der Waals surface area contributed by atoms with E-state index in [1.165, 1.54) is 14.2 Å². The van der Waals surface area contributed by atoms with Crippen LogP contribution in [0.25, 0.3) is 0 Å². The van der Waals surface area contributed by atoms with Gasteiger partial charge in [0, 0.05) is 17.3 Å². The summed E-state index contributed by atoms with van der Waals surface area (Å²) in [6, 6.07) is 7.14. The summed E-state index contributed by atoms with van der Waals surface area (Å²) < 4.78 is 10.1. The maximum atomic E-state index is 12.0. The van der Waals surface area contributed by atoms with E-state index in [2.05, 4.69) is 25.4 Å². The van der Waals surface area contributed by atoms with E-state index in [1.54, 1.807) is 18.2 Å². The van der Waals surface area contributed by atoms with Crippen molar-refractivity contribution in [3.8, 4) is 0 Å². The number of hydrogen-bond acceptors (Lipinski definition) is 5. The van der Waals surface area contributed by atoms with Gasteiger partial charge in [0.1, 0.15) is 6.29 Å². The molecule has 0 amide bonds. The van der Waals surface area contributed by atoms with Crippen LogP contribution in [-0.4, -0.2) is 32.4 Å². The first kappa shape index (κ1) is 16.4. The monoisotopic (exact) mass is 342 g/mol. The molecule has 0 spiro atoms. The Kier molecular flexibility index (Phi) is 5.88. The molecule has 0 aromatic heterocycles. The summed E-state index contributed by atoms with van der Waals surface area (Å²) in [7, 11) is 2.34. The zero-order chi connectivity index (χ0) is 15.2. The Balaban J connectivity index is 3.28. The first-order valence-electron chi connectivity index (χ1n) is 5.85. The van der Waals surface area contributed by atoms with Crippen molar-refractivity contribution in [1.82, 2.24) is 0 Å². The van der Waals surface area contributed by atoms with Crippen molar-refractivity contribution < 1.29 is 23.9 Å². The lowest BCUT2D eigenvalue weighted by Gasteiger charge is -2.26. The smallest absolute Gasteiger partial charge is 0.324 e. The van der Waals surface area contributed by atoms with E-state index in [4.69, 9.17) is 0 Å². The fourth-order valence-electron chi connectivity index (χ4n) is 1.97. The molecule has 0 unspecified atom stereocenters. The Labute approximate surface area is 125 Å². The fraction of sp³-hybridized carbons (Fsp3) is 0.357. The second-order valence-corrected chi connectivity index (χ2v) is 5.06. The molecule has 0 bridgehead atoms. The van der Waals surface area contributed by atoms with Gasteiger partial charge in [0.2, 0.25) is 0 Å². The number of rotatable bonds is 6.